The highest BCUT2D eigenvalue weighted by Crippen LogP contribution is 2.35. The summed E-state index contributed by atoms with van der Waals surface area (Å²) in [6.07, 6.45) is 2.44. The lowest BCUT2D eigenvalue weighted by atomic mass is 9.93. The maximum absolute atomic E-state index is 10.6. The molecule has 1 aliphatic heterocycles. The zero-order valence-corrected chi connectivity index (χ0v) is 9.79. The molecular formula is C12H20O3. The van der Waals surface area contributed by atoms with Crippen molar-refractivity contribution in [3.05, 3.63) is 12.2 Å². The van der Waals surface area contributed by atoms with Crippen LogP contribution in [-0.2, 0) is 14.3 Å². The summed E-state index contributed by atoms with van der Waals surface area (Å²) >= 11 is 0. The van der Waals surface area contributed by atoms with E-state index in [1.807, 2.05) is 6.92 Å². The molecule has 1 heterocycles. The summed E-state index contributed by atoms with van der Waals surface area (Å²) in [7, 11) is 0. The lowest BCUT2D eigenvalue weighted by Crippen LogP contribution is -2.14. The van der Waals surface area contributed by atoms with Gasteiger partial charge in [-0.25, -0.2) is 0 Å². The SMILES string of the molecule is C=C(C)C[C@@H](CC)[C@H]1O[C@@H]1COC(C)=O. The van der Waals surface area contributed by atoms with E-state index in [9.17, 15) is 4.79 Å². The molecule has 15 heavy (non-hydrogen) atoms. The number of carbonyl (C=O) groups is 1. The molecule has 0 N–H and O–H groups in total. The second-order valence-corrected chi connectivity index (χ2v) is 4.27. The van der Waals surface area contributed by atoms with Gasteiger partial charge in [-0.15, -0.1) is 6.58 Å². The van der Waals surface area contributed by atoms with Crippen LogP contribution in [0.1, 0.15) is 33.6 Å². The summed E-state index contributed by atoms with van der Waals surface area (Å²) < 4.78 is 10.4. The summed E-state index contributed by atoms with van der Waals surface area (Å²) in [5, 5.41) is 0. The van der Waals surface area contributed by atoms with Gasteiger partial charge < -0.3 is 9.47 Å². The van der Waals surface area contributed by atoms with Crippen molar-refractivity contribution in [1.29, 1.82) is 0 Å². The molecule has 0 aromatic rings. The fourth-order valence-corrected chi connectivity index (χ4v) is 1.85. The van der Waals surface area contributed by atoms with Gasteiger partial charge in [0.05, 0.1) is 6.10 Å². The normalized spacial score (nSPS) is 25.8. The summed E-state index contributed by atoms with van der Waals surface area (Å²) in [6.45, 7) is 9.91. The van der Waals surface area contributed by atoms with Crippen LogP contribution >= 0.6 is 0 Å². The van der Waals surface area contributed by atoms with Crippen LogP contribution in [0.25, 0.3) is 0 Å². The van der Waals surface area contributed by atoms with E-state index in [-0.39, 0.29) is 18.2 Å². The predicted octanol–water partition coefficient (Wildman–Crippen LogP) is 2.31. The van der Waals surface area contributed by atoms with Crippen LogP contribution in [0.3, 0.4) is 0 Å². The van der Waals surface area contributed by atoms with E-state index in [0.717, 1.165) is 12.8 Å². The van der Waals surface area contributed by atoms with Crippen molar-refractivity contribution in [2.45, 2.75) is 45.8 Å². The van der Waals surface area contributed by atoms with E-state index >= 15 is 0 Å². The van der Waals surface area contributed by atoms with Gasteiger partial charge in [-0.2, -0.15) is 0 Å². The van der Waals surface area contributed by atoms with Crippen molar-refractivity contribution in [3.63, 3.8) is 0 Å². The molecule has 1 rings (SSSR count). The van der Waals surface area contributed by atoms with Crippen LogP contribution < -0.4 is 0 Å². The molecule has 1 fully saturated rings. The topological polar surface area (TPSA) is 38.8 Å². The Labute approximate surface area is 91.4 Å². The third-order valence-electron chi connectivity index (χ3n) is 2.67. The van der Waals surface area contributed by atoms with Gasteiger partial charge in [0.15, 0.2) is 0 Å². The highest BCUT2D eigenvalue weighted by Gasteiger charge is 2.44. The number of carbonyl (C=O) groups excluding carboxylic acids is 1. The number of hydrogen-bond donors (Lipinski definition) is 0. The number of ether oxygens (including phenoxy) is 2. The average Bonchev–Trinajstić information content (AvgIpc) is 2.89. The minimum atomic E-state index is -0.239. The molecule has 0 unspecified atom stereocenters. The van der Waals surface area contributed by atoms with Crippen molar-refractivity contribution in [2.75, 3.05) is 6.61 Å². The van der Waals surface area contributed by atoms with Crippen LogP contribution in [0.2, 0.25) is 0 Å². The predicted molar refractivity (Wildman–Crippen MR) is 58.5 cm³/mol. The molecule has 0 aromatic heterocycles. The minimum Gasteiger partial charge on any atom is -0.463 e. The summed E-state index contributed by atoms with van der Waals surface area (Å²) in [4.78, 5) is 10.6. The van der Waals surface area contributed by atoms with Crippen LogP contribution in [0, 0.1) is 5.92 Å². The molecule has 86 valence electrons. The van der Waals surface area contributed by atoms with Crippen LogP contribution in [0.15, 0.2) is 12.2 Å². The third kappa shape index (κ3) is 4.04. The minimum absolute atomic E-state index is 0.109. The summed E-state index contributed by atoms with van der Waals surface area (Å²) in [5.74, 6) is 0.278. The van der Waals surface area contributed by atoms with Crippen LogP contribution in [0.4, 0.5) is 0 Å². The number of esters is 1. The van der Waals surface area contributed by atoms with Gasteiger partial charge in [0.1, 0.15) is 12.7 Å². The first-order valence-corrected chi connectivity index (χ1v) is 5.47. The Balaban J connectivity index is 2.27. The fraction of sp³-hybridized carbons (Fsp3) is 0.750. The van der Waals surface area contributed by atoms with E-state index in [1.165, 1.54) is 12.5 Å². The molecule has 0 amide bonds. The first-order chi connectivity index (χ1) is 7.04. The van der Waals surface area contributed by atoms with Crippen molar-refractivity contribution in [1.82, 2.24) is 0 Å². The van der Waals surface area contributed by atoms with Gasteiger partial charge in [0, 0.05) is 6.92 Å². The Bertz CT molecular complexity index is 247. The highest BCUT2D eigenvalue weighted by molar-refractivity contribution is 5.65. The van der Waals surface area contributed by atoms with Crippen molar-refractivity contribution >= 4 is 5.97 Å². The smallest absolute Gasteiger partial charge is 0.302 e. The Morgan fingerprint density at radius 2 is 2.20 bits per heavy atom. The van der Waals surface area contributed by atoms with Crippen LogP contribution in [-0.4, -0.2) is 24.8 Å². The van der Waals surface area contributed by atoms with E-state index in [4.69, 9.17) is 9.47 Å². The first kappa shape index (κ1) is 12.2. The van der Waals surface area contributed by atoms with Gasteiger partial charge in [0.2, 0.25) is 0 Å². The molecule has 3 nitrogen and oxygen atoms in total. The largest absolute Gasteiger partial charge is 0.463 e. The third-order valence-corrected chi connectivity index (χ3v) is 2.67. The lowest BCUT2D eigenvalue weighted by molar-refractivity contribution is -0.141. The first-order valence-electron chi connectivity index (χ1n) is 5.47. The van der Waals surface area contributed by atoms with Gasteiger partial charge in [0.25, 0.3) is 0 Å². The molecule has 0 radical (unpaired) electrons. The van der Waals surface area contributed by atoms with Gasteiger partial charge in [-0.3, -0.25) is 4.79 Å². The molecule has 0 aliphatic carbocycles. The molecule has 3 heteroatoms. The Morgan fingerprint density at radius 1 is 1.53 bits per heavy atom. The molecule has 0 saturated carbocycles. The van der Waals surface area contributed by atoms with Crippen molar-refractivity contribution < 1.29 is 14.3 Å². The maximum Gasteiger partial charge on any atom is 0.302 e. The number of allylic oxidation sites excluding steroid dienone is 1. The lowest BCUT2D eigenvalue weighted by Gasteiger charge is -2.11. The van der Waals surface area contributed by atoms with Crippen molar-refractivity contribution in [3.8, 4) is 0 Å². The van der Waals surface area contributed by atoms with Gasteiger partial charge in [-0.1, -0.05) is 18.9 Å². The quantitative estimate of drug-likeness (QED) is 0.385. The standard InChI is InChI=1S/C12H20O3/c1-5-10(6-8(2)3)12-11(15-12)7-14-9(4)13/h10-12H,2,5-7H2,1,3-4H3/t10-,11-,12-/m1/s1. The number of rotatable bonds is 6. The Morgan fingerprint density at radius 3 is 2.67 bits per heavy atom. The van der Waals surface area contributed by atoms with Crippen molar-refractivity contribution in [2.24, 2.45) is 5.92 Å². The second-order valence-electron chi connectivity index (χ2n) is 4.27. The van der Waals surface area contributed by atoms with E-state index in [0.29, 0.717) is 12.5 Å². The monoisotopic (exact) mass is 212 g/mol. The van der Waals surface area contributed by atoms with E-state index in [1.54, 1.807) is 0 Å². The zero-order chi connectivity index (χ0) is 11.4. The number of hydrogen-bond acceptors (Lipinski definition) is 3. The molecule has 0 spiro atoms. The zero-order valence-electron chi connectivity index (χ0n) is 9.79. The van der Waals surface area contributed by atoms with E-state index < -0.39 is 0 Å². The molecule has 0 aromatic carbocycles. The Hall–Kier alpha value is -0.830. The van der Waals surface area contributed by atoms with Crippen LogP contribution in [0.5, 0.6) is 0 Å². The van der Waals surface area contributed by atoms with Gasteiger partial charge in [-0.05, 0) is 19.3 Å². The molecule has 0 bridgehead atoms. The van der Waals surface area contributed by atoms with E-state index in [2.05, 4.69) is 13.5 Å². The van der Waals surface area contributed by atoms with Gasteiger partial charge >= 0.3 is 5.97 Å². The number of epoxide rings is 1. The Kier molecular flexibility index (Phi) is 4.33. The molecular weight excluding hydrogens is 192 g/mol. The molecule has 1 aliphatic rings. The fourth-order valence-electron chi connectivity index (χ4n) is 1.85. The summed E-state index contributed by atoms with van der Waals surface area (Å²) in [5.41, 5.74) is 1.18. The highest BCUT2D eigenvalue weighted by atomic mass is 16.6. The average molecular weight is 212 g/mol. The summed E-state index contributed by atoms with van der Waals surface area (Å²) in [6, 6.07) is 0. The second kappa shape index (κ2) is 5.31. The maximum atomic E-state index is 10.6. The molecule has 3 atom stereocenters. The molecule has 1 saturated heterocycles.